The van der Waals surface area contributed by atoms with E-state index < -0.39 is 0 Å². The third kappa shape index (κ3) is 4.34. The minimum absolute atomic E-state index is 0. The summed E-state index contributed by atoms with van der Waals surface area (Å²) in [4.78, 5) is 0. The Morgan fingerprint density at radius 1 is 1.33 bits per heavy atom. The van der Waals surface area contributed by atoms with Crippen LogP contribution in [0.3, 0.4) is 0 Å². The van der Waals surface area contributed by atoms with Gasteiger partial charge in [-0.2, -0.15) is 0 Å². The van der Waals surface area contributed by atoms with Crippen LogP contribution in [0.15, 0.2) is 0 Å². The normalized spacial score (nSPS) is 11.3. The third-order valence-corrected chi connectivity index (χ3v) is 3.58. The summed E-state index contributed by atoms with van der Waals surface area (Å²) in [7, 11) is 0. The van der Waals surface area contributed by atoms with Crippen molar-refractivity contribution >= 4 is 11.3 Å². The summed E-state index contributed by atoms with van der Waals surface area (Å²) < 4.78 is 2.15. The van der Waals surface area contributed by atoms with Gasteiger partial charge in [-0.3, -0.25) is 0 Å². The molecule has 0 aliphatic heterocycles. The maximum Gasteiger partial charge on any atom is 0.262 e. The molecule has 0 aliphatic rings. The number of nitrogens with zero attached hydrogens (tertiary/aromatic N) is 2. The average molecular weight is 340 g/mol. The zero-order valence-electron chi connectivity index (χ0n) is 10.3. The molecule has 2 nitrogen and oxygen atoms in total. The number of unbranched alkanes of at least 4 members (excludes halogenated alkanes) is 1. The van der Waals surface area contributed by atoms with Crippen molar-refractivity contribution in [2.75, 3.05) is 0 Å². The monoisotopic (exact) mass is 340 g/mol. The van der Waals surface area contributed by atoms with Crippen LogP contribution in [0.25, 0.3) is 0 Å². The Balaban J connectivity index is 0.00000196. The fourth-order valence-electron chi connectivity index (χ4n) is 1.21. The van der Waals surface area contributed by atoms with Crippen molar-refractivity contribution < 1.29 is 28.7 Å². The van der Waals surface area contributed by atoms with Gasteiger partial charge in [0.25, 0.3) is 5.01 Å². The first kappa shape index (κ1) is 15.3. The minimum Gasteiger partial charge on any atom is -1.00 e. The van der Waals surface area contributed by atoms with Gasteiger partial charge in [-0.25, -0.2) is 0 Å². The average Bonchev–Trinajstić information content (AvgIpc) is 2.43. The Bertz CT molecular complexity index is 302. The topological polar surface area (TPSA) is 16.8 Å². The first-order chi connectivity index (χ1) is 6.45. The van der Waals surface area contributed by atoms with Crippen LogP contribution >= 0.6 is 11.3 Å². The fourth-order valence-corrected chi connectivity index (χ4v) is 2.17. The van der Waals surface area contributed by atoms with Crippen molar-refractivity contribution in [1.82, 2.24) is 5.10 Å². The summed E-state index contributed by atoms with van der Waals surface area (Å²) in [5.74, 6) is 0. The number of hydrogen-bond donors (Lipinski definition) is 0. The number of aromatic nitrogens is 2. The zero-order chi connectivity index (χ0) is 10.8. The van der Waals surface area contributed by atoms with E-state index in [0.29, 0.717) is 0 Å². The predicted octanol–water partition coefficient (Wildman–Crippen LogP) is -0.159. The van der Waals surface area contributed by atoms with Gasteiger partial charge in [0, 0.05) is 23.9 Å². The standard InChI is InChI=1S/C11H21N2S.HI/c1-6-7-8-13-9(2)14-10(12-13)11(3,4)5;/h6-8H2,1-5H3;1H/q+1;/p-1. The molecule has 0 fully saturated rings. The van der Waals surface area contributed by atoms with Gasteiger partial charge in [0.15, 0.2) is 11.6 Å². The minimum atomic E-state index is 0. The van der Waals surface area contributed by atoms with E-state index in [1.807, 2.05) is 11.3 Å². The lowest BCUT2D eigenvalue weighted by atomic mass is 9.98. The second kappa shape index (κ2) is 6.13. The molecule has 1 rings (SSSR count). The van der Waals surface area contributed by atoms with Crippen LogP contribution < -0.4 is 28.7 Å². The summed E-state index contributed by atoms with van der Waals surface area (Å²) in [6.45, 7) is 12.1. The molecule has 88 valence electrons. The molecule has 0 amide bonds. The molecule has 1 heterocycles. The van der Waals surface area contributed by atoms with Gasteiger partial charge >= 0.3 is 0 Å². The van der Waals surface area contributed by atoms with Gasteiger partial charge in [-0.15, -0.1) is 0 Å². The second-order valence-electron chi connectivity index (χ2n) is 4.75. The highest BCUT2D eigenvalue weighted by atomic mass is 127. The first-order valence-electron chi connectivity index (χ1n) is 5.33. The van der Waals surface area contributed by atoms with Gasteiger partial charge in [0.2, 0.25) is 0 Å². The van der Waals surface area contributed by atoms with Crippen LogP contribution in [0.1, 0.15) is 50.6 Å². The lowest BCUT2D eigenvalue weighted by molar-refractivity contribution is -0.754. The lowest BCUT2D eigenvalue weighted by Crippen LogP contribution is -3.00. The van der Waals surface area contributed by atoms with Crippen LogP contribution in [0, 0.1) is 6.92 Å². The number of rotatable bonds is 3. The fraction of sp³-hybridized carbons (Fsp3) is 0.818. The molecule has 4 heteroatoms. The Morgan fingerprint density at radius 2 is 1.93 bits per heavy atom. The molecule has 0 N–H and O–H groups in total. The van der Waals surface area contributed by atoms with Crippen molar-refractivity contribution in [3.05, 3.63) is 10.0 Å². The van der Waals surface area contributed by atoms with E-state index >= 15 is 0 Å². The van der Waals surface area contributed by atoms with E-state index in [1.54, 1.807) is 0 Å². The molecule has 0 unspecified atom stereocenters. The highest BCUT2D eigenvalue weighted by molar-refractivity contribution is 7.11. The highest BCUT2D eigenvalue weighted by Gasteiger charge is 2.24. The SMILES string of the molecule is CCCC[n+]1nc(C(C)(C)C)sc1C.[I-]. The smallest absolute Gasteiger partial charge is 0.262 e. The van der Waals surface area contributed by atoms with E-state index in [4.69, 9.17) is 0 Å². The summed E-state index contributed by atoms with van der Waals surface area (Å²) in [6.07, 6.45) is 2.45. The molecule has 1 aromatic heterocycles. The lowest BCUT2D eigenvalue weighted by Gasteiger charge is -2.10. The summed E-state index contributed by atoms with van der Waals surface area (Å²) in [6, 6.07) is 0. The molecule has 0 spiro atoms. The molecule has 0 atom stereocenters. The zero-order valence-corrected chi connectivity index (χ0v) is 13.3. The van der Waals surface area contributed by atoms with Gasteiger partial charge in [-0.1, -0.05) is 38.8 Å². The number of aryl methyl sites for hydroxylation is 2. The summed E-state index contributed by atoms with van der Waals surface area (Å²) >= 11 is 1.82. The van der Waals surface area contributed by atoms with Crippen molar-refractivity contribution in [3.63, 3.8) is 0 Å². The molecule has 0 aliphatic carbocycles. The van der Waals surface area contributed by atoms with Gasteiger partial charge in [0.05, 0.1) is 0 Å². The molecule has 0 saturated carbocycles. The van der Waals surface area contributed by atoms with Crippen LogP contribution in [0.5, 0.6) is 0 Å². The van der Waals surface area contributed by atoms with Crippen molar-refractivity contribution in [2.24, 2.45) is 0 Å². The van der Waals surface area contributed by atoms with E-state index in [2.05, 4.69) is 44.4 Å². The molecule has 0 radical (unpaired) electrons. The summed E-state index contributed by atoms with van der Waals surface area (Å²) in [5.41, 5.74) is 0.187. The van der Waals surface area contributed by atoms with Crippen LogP contribution in [0.2, 0.25) is 0 Å². The van der Waals surface area contributed by atoms with E-state index in [0.717, 1.165) is 6.54 Å². The largest absolute Gasteiger partial charge is 1.00 e. The molecular weight excluding hydrogens is 319 g/mol. The highest BCUT2D eigenvalue weighted by Crippen LogP contribution is 2.24. The summed E-state index contributed by atoms with van der Waals surface area (Å²) in [5, 5.41) is 7.22. The first-order valence-corrected chi connectivity index (χ1v) is 6.15. The Morgan fingerprint density at radius 3 is 2.33 bits per heavy atom. The third-order valence-electron chi connectivity index (χ3n) is 2.18. The molecule has 15 heavy (non-hydrogen) atoms. The van der Waals surface area contributed by atoms with Crippen molar-refractivity contribution in [1.29, 1.82) is 0 Å². The molecule has 0 saturated heterocycles. The van der Waals surface area contributed by atoms with E-state index in [9.17, 15) is 0 Å². The van der Waals surface area contributed by atoms with Gasteiger partial charge in [-0.05, 0) is 11.3 Å². The maximum absolute atomic E-state index is 4.65. The van der Waals surface area contributed by atoms with E-state index in [-0.39, 0.29) is 29.4 Å². The van der Waals surface area contributed by atoms with Crippen LogP contribution in [-0.2, 0) is 12.0 Å². The van der Waals surface area contributed by atoms with Crippen LogP contribution in [-0.4, -0.2) is 5.10 Å². The Hall–Kier alpha value is 0.290. The Labute approximate surface area is 114 Å². The molecule has 0 bridgehead atoms. The molecule has 0 aromatic carbocycles. The second-order valence-corrected chi connectivity index (χ2v) is 5.93. The molecular formula is C11H21IN2S. The quantitative estimate of drug-likeness (QED) is 0.552. The van der Waals surface area contributed by atoms with Gasteiger partial charge in [0.1, 0.15) is 0 Å². The predicted molar refractivity (Wildman–Crippen MR) is 60.7 cm³/mol. The van der Waals surface area contributed by atoms with Gasteiger partial charge < -0.3 is 24.0 Å². The van der Waals surface area contributed by atoms with Crippen molar-refractivity contribution in [2.45, 2.75) is 59.4 Å². The number of halogens is 1. The van der Waals surface area contributed by atoms with Crippen molar-refractivity contribution in [3.8, 4) is 0 Å². The Kier molecular flexibility index (Phi) is 6.25. The maximum atomic E-state index is 4.65. The van der Waals surface area contributed by atoms with Crippen LogP contribution in [0.4, 0.5) is 0 Å². The number of hydrogen-bond acceptors (Lipinski definition) is 2. The molecule has 1 aromatic rings. The van der Waals surface area contributed by atoms with E-state index in [1.165, 1.54) is 22.9 Å².